The summed E-state index contributed by atoms with van der Waals surface area (Å²) in [5, 5.41) is 0. The summed E-state index contributed by atoms with van der Waals surface area (Å²) in [6.45, 7) is 1.45. The van der Waals surface area contributed by atoms with E-state index in [1.807, 2.05) is 12.1 Å². The fourth-order valence-electron chi connectivity index (χ4n) is 2.60. The van der Waals surface area contributed by atoms with Crippen LogP contribution < -0.4 is 5.73 Å². The number of hydrogen-bond acceptors (Lipinski definition) is 3. The van der Waals surface area contributed by atoms with Gasteiger partial charge in [0.1, 0.15) is 5.82 Å². The fourth-order valence-corrected chi connectivity index (χ4v) is 2.60. The molecule has 1 aromatic heterocycles. The molecule has 0 aliphatic carbocycles. The average molecular weight is 245 g/mol. The van der Waals surface area contributed by atoms with Crippen LogP contribution >= 0.6 is 0 Å². The molecule has 0 saturated carbocycles. The Kier molecular flexibility index (Phi) is 3.30. The third-order valence-electron chi connectivity index (χ3n) is 3.59. The molecule has 3 N–H and O–H groups in total. The van der Waals surface area contributed by atoms with Crippen LogP contribution in [0.1, 0.15) is 30.7 Å². The molecule has 18 heavy (non-hydrogen) atoms. The highest BCUT2D eigenvalue weighted by Gasteiger charge is 2.16. The molecule has 0 radical (unpaired) electrons. The number of nitrogens with one attached hydrogen (secondary N) is 1. The first-order chi connectivity index (χ1) is 8.86. The Morgan fingerprint density at radius 2 is 2.39 bits per heavy atom. The number of benzene rings is 1. The first-order valence-electron chi connectivity index (χ1n) is 6.65. The number of ether oxygens (including phenoxy) is 1. The van der Waals surface area contributed by atoms with E-state index in [4.69, 9.17) is 10.5 Å². The molecule has 1 aromatic carbocycles. The Morgan fingerprint density at radius 3 is 3.17 bits per heavy atom. The standard InChI is InChI=1S/C14H19N3O/c15-9-10-3-1-5-12-14(10)17-13(16-12)7-6-11-4-2-8-18-11/h1,3,5,11H,2,4,6-9,15H2,(H,16,17). The smallest absolute Gasteiger partial charge is 0.107 e. The lowest BCUT2D eigenvalue weighted by atomic mass is 10.1. The highest BCUT2D eigenvalue weighted by Crippen LogP contribution is 2.20. The third kappa shape index (κ3) is 2.26. The molecular weight excluding hydrogens is 226 g/mol. The van der Waals surface area contributed by atoms with Gasteiger partial charge < -0.3 is 15.5 Å². The number of nitrogens with zero attached hydrogens (tertiary/aromatic N) is 1. The predicted octanol–water partition coefficient (Wildman–Crippen LogP) is 2.13. The van der Waals surface area contributed by atoms with Crippen LogP contribution in [0.2, 0.25) is 0 Å². The molecule has 1 atom stereocenters. The van der Waals surface area contributed by atoms with Crippen LogP contribution in [0.15, 0.2) is 18.2 Å². The number of imidazole rings is 1. The van der Waals surface area contributed by atoms with Gasteiger partial charge in [-0.1, -0.05) is 12.1 Å². The molecule has 2 heterocycles. The van der Waals surface area contributed by atoms with Crippen LogP contribution in [0.4, 0.5) is 0 Å². The van der Waals surface area contributed by atoms with E-state index in [1.165, 1.54) is 12.8 Å². The van der Waals surface area contributed by atoms with E-state index < -0.39 is 0 Å². The minimum absolute atomic E-state index is 0.423. The van der Waals surface area contributed by atoms with Crippen LogP contribution in [-0.2, 0) is 17.7 Å². The summed E-state index contributed by atoms with van der Waals surface area (Å²) in [6.07, 6.45) is 4.81. The van der Waals surface area contributed by atoms with Gasteiger partial charge in [0.25, 0.3) is 0 Å². The van der Waals surface area contributed by atoms with Crippen molar-refractivity contribution < 1.29 is 4.74 Å². The summed E-state index contributed by atoms with van der Waals surface area (Å²) < 4.78 is 5.63. The third-order valence-corrected chi connectivity index (χ3v) is 3.59. The molecule has 1 unspecified atom stereocenters. The molecule has 4 nitrogen and oxygen atoms in total. The number of H-pyrrole nitrogens is 1. The Morgan fingerprint density at radius 1 is 1.44 bits per heavy atom. The lowest BCUT2D eigenvalue weighted by Crippen LogP contribution is -2.06. The minimum atomic E-state index is 0.423. The van der Waals surface area contributed by atoms with Crippen molar-refractivity contribution in [2.24, 2.45) is 5.73 Å². The molecule has 4 heteroatoms. The number of aromatic amines is 1. The normalized spacial score (nSPS) is 19.7. The van der Waals surface area contributed by atoms with Gasteiger partial charge in [-0.2, -0.15) is 0 Å². The van der Waals surface area contributed by atoms with Gasteiger partial charge in [-0.3, -0.25) is 0 Å². The van der Waals surface area contributed by atoms with Crippen LogP contribution in [0.3, 0.4) is 0 Å². The van der Waals surface area contributed by atoms with Crippen LogP contribution in [0, 0.1) is 0 Å². The summed E-state index contributed by atoms with van der Waals surface area (Å²) in [4.78, 5) is 8.03. The number of rotatable bonds is 4. The second-order valence-electron chi connectivity index (χ2n) is 4.87. The van der Waals surface area contributed by atoms with E-state index in [0.29, 0.717) is 12.6 Å². The van der Waals surface area contributed by atoms with Crippen molar-refractivity contribution >= 4 is 11.0 Å². The largest absolute Gasteiger partial charge is 0.378 e. The van der Waals surface area contributed by atoms with Crippen LogP contribution in [0.5, 0.6) is 0 Å². The van der Waals surface area contributed by atoms with Crippen molar-refractivity contribution in [3.63, 3.8) is 0 Å². The molecule has 0 spiro atoms. The minimum Gasteiger partial charge on any atom is -0.378 e. The number of hydrogen-bond donors (Lipinski definition) is 2. The van der Waals surface area contributed by atoms with Crippen molar-refractivity contribution in [1.29, 1.82) is 0 Å². The molecule has 1 saturated heterocycles. The highest BCUT2D eigenvalue weighted by atomic mass is 16.5. The number of nitrogens with two attached hydrogens (primary N) is 1. The highest BCUT2D eigenvalue weighted by molar-refractivity contribution is 5.78. The molecule has 2 aromatic rings. The van der Waals surface area contributed by atoms with Gasteiger partial charge in [-0.25, -0.2) is 4.98 Å². The molecule has 0 bridgehead atoms. The van der Waals surface area contributed by atoms with Gasteiger partial charge in [0.15, 0.2) is 0 Å². The van der Waals surface area contributed by atoms with E-state index in [0.717, 1.165) is 41.9 Å². The van der Waals surface area contributed by atoms with E-state index in [1.54, 1.807) is 0 Å². The first-order valence-corrected chi connectivity index (χ1v) is 6.65. The maximum absolute atomic E-state index is 5.72. The number of aryl methyl sites for hydroxylation is 1. The monoisotopic (exact) mass is 245 g/mol. The van der Waals surface area contributed by atoms with Crippen LogP contribution in [-0.4, -0.2) is 22.7 Å². The zero-order chi connectivity index (χ0) is 12.4. The summed E-state index contributed by atoms with van der Waals surface area (Å²) in [5.74, 6) is 1.04. The lowest BCUT2D eigenvalue weighted by Gasteiger charge is -2.06. The van der Waals surface area contributed by atoms with Crippen molar-refractivity contribution in [1.82, 2.24) is 9.97 Å². The summed E-state index contributed by atoms with van der Waals surface area (Å²) >= 11 is 0. The topological polar surface area (TPSA) is 63.9 Å². The second kappa shape index (κ2) is 5.08. The molecule has 1 aliphatic rings. The quantitative estimate of drug-likeness (QED) is 0.867. The van der Waals surface area contributed by atoms with E-state index >= 15 is 0 Å². The number of aromatic nitrogens is 2. The molecule has 0 amide bonds. The number of para-hydroxylation sites is 1. The van der Waals surface area contributed by atoms with E-state index in [2.05, 4.69) is 16.0 Å². The molecule has 1 aliphatic heterocycles. The Balaban J connectivity index is 1.76. The molecule has 1 fully saturated rings. The summed E-state index contributed by atoms with van der Waals surface area (Å²) in [7, 11) is 0. The Hall–Kier alpha value is -1.39. The average Bonchev–Trinajstić information content (AvgIpc) is 3.04. The summed E-state index contributed by atoms with van der Waals surface area (Å²) in [6, 6.07) is 6.11. The molecular formula is C14H19N3O. The molecule has 96 valence electrons. The maximum atomic E-state index is 5.72. The molecule has 3 rings (SSSR count). The van der Waals surface area contributed by atoms with Crippen molar-refractivity contribution in [3.8, 4) is 0 Å². The fraction of sp³-hybridized carbons (Fsp3) is 0.500. The van der Waals surface area contributed by atoms with E-state index in [-0.39, 0.29) is 0 Å². The van der Waals surface area contributed by atoms with Crippen molar-refractivity contribution in [2.45, 2.75) is 38.3 Å². The number of fused-ring (bicyclic) bond motifs is 1. The van der Waals surface area contributed by atoms with Crippen LogP contribution in [0.25, 0.3) is 11.0 Å². The Bertz CT molecular complexity index is 529. The zero-order valence-electron chi connectivity index (χ0n) is 10.5. The second-order valence-corrected chi connectivity index (χ2v) is 4.87. The SMILES string of the molecule is NCc1cccc2[nH]c(CCC3CCCO3)nc12. The van der Waals surface area contributed by atoms with Crippen molar-refractivity contribution in [3.05, 3.63) is 29.6 Å². The van der Waals surface area contributed by atoms with Crippen molar-refractivity contribution in [2.75, 3.05) is 6.61 Å². The first kappa shape index (κ1) is 11.7. The van der Waals surface area contributed by atoms with Gasteiger partial charge in [0, 0.05) is 19.6 Å². The van der Waals surface area contributed by atoms with Gasteiger partial charge in [-0.05, 0) is 30.9 Å². The van der Waals surface area contributed by atoms with Gasteiger partial charge in [-0.15, -0.1) is 0 Å². The van der Waals surface area contributed by atoms with Gasteiger partial charge in [0.2, 0.25) is 0 Å². The van der Waals surface area contributed by atoms with Gasteiger partial charge in [0.05, 0.1) is 17.1 Å². The van der Waals surface area contributed by atoms with E-state index in [9.17, 15) is 0 Å². The maximum Gasteiger partial charge on any atom is 0.107 e. The zero-order valence-corrected chi connectivity index (χ0v) is 10.5. The lowest BCUT2D eigenvalue weighted by molar-refractivity contribution is 0.104. The van der Waals surface area contributed by atoms with Gasteiger partial charge >= 0.3 is 0 Å². The predicted molar refractivity (Wildman–Crippen MR) is 71.3 cm³/mol. The Labute approximate surface area is 107 Å². The summed E-state index contributed by atoms with van der Waals surface area (Å²) in [5.41, 5.74) is 8.93.